The molecule has 0 saturated heterocycles. The number of rotatable bonds is 1. The number of H-pyrrole nitrogens is 1. The Hall–Kier alpha value is -1.25. The van der Waals surface area contributed by atoms with E-state index in [0.29, 0.717) is 5.82 Å². The van der Waals surface area contributed by atoms with Crippen molar-refractivity contribution < 1.29 is 0 Å². The lowest BCUT2D eigenvalue weighted by molar-refractivity contribution is 1.41. The van der Waals surface area contributed by atoms with Crippen molar-refractivity contribution in [2.75, 3.05) is 5.73 Å². The summed E-state index contributed by atoms with van der Waals surface area (Å²) in [5.41, 5.74) is 6.10. The van der Waals surface area contributed by atoms with E-state index in [1.54, 1.807) is 12.3 Å². The van der Waals surface area contributed by atoms with Crippen LogP contribution < -0.4 is 5.73 Å². The van der Waals surface area contributed by atoms with Gasteiger partial charge in [0.2, 0.25) is 0 Å². The lowest BCUT2D eigenvalue weighted by Crippen LogP contribution is -1.79. The molecule has 0 saturated carbocycles. The van der Waals surface area contributed by atoms with Crippen molar-refractivity contribution in [1.29, 1.82) is 5.41 Å². The van der Waals surface area contributed by atoms with Crippen molar-refractivity contribution in [3.63, 3.8) is 0 Å². The molecule has 0 bridgehead atoms. The molecule has 4 N–H and O–H groups in total. The molecule has 0 amide bonds. The number of nitrogens with two attached hydrogens (primary N) is 1. The molecule has 1 rings (SSSR count). The third kappa shape index (κ3) is 0.703. The largest absolute Gasteiger partial charge is 0.385 e. The Kier molecular flexibility index (Phi) is 1.04. The van der Waals surface area contributed by atoms with Crippen molar-refractivity contribution in [3.8, 4) is 0 Å². The number of hydrogen-bond donors (Lipinski definition) is 3. The summed E-state index contributed by atoms with van der Waals surface area (Å²) in [4.78, 5) is 2.75. The predicted molar refractivity (Wildman–Crippen MR) is 33.1 cm³/mol. The molecule has 1 heterocycles. The summed E-state index contributed by atoms with van der Waals surface area (Å²) < 4.78 is 0. The molecule has 0 unspecified atom stereocenters. The Morgan fingerprint density at radius 1 is 1.75 bits per heavy atom. The van der Waals surface area contributed by atoms with Crippen LogP contribution in [0, 0.1) is 5.41 Å². The Labute approximate surface area is 47.0 Å². The highest BCUT2D eigenvalue weighted by Gasteiger charge is 1.87. The van der Waals surface area contributed by atoms with E-state index in [9.17, 15) is 0 Å². The second-order valence-electron chi connectivity index (χ2n) is 1.53. The Bertz CT molecular complexity index is 189. The molecule has 0 aliphatic rings. The van der Waals surface area contributed by atoms with Gasteiger partial charge >= 0.3 is 0 Å². The van der Waals surface area contributed by atoms with Crippen LogP contribution in [-0.2, 0) is 0 Å². The maximum atomic E-state index is 6.76. The van der Waals surface area contributed by atoms with Gasteiger partial charge in [0.15, 0.2) is 0 Å². The molecule has 1 aromatic heterocycles. The number of hydrogen-bond acceptors (Lipinski definition) is 2. The molecule has 0 aliphatic carbocycles. The van der Waals surface area contributed by atoms with E-state index in [4.69, 9.17) is 11.1 Å². The van der Waals surface area contributed by atoms with E-state index < -0.39 is 0 Å². The van der Waals surface area contributed by atoms with Gasteiger partial charge in [-0.2, -0.15) is 0 Å². The zero-order valence-electron chi connectivity index (χ0n) is 4.31. The van der Waals surface area contributed by atoms with Crippen molar-refractivity contribution >= 4 is 12.0 Å². The molecule has 1 aromatic rings. The van der Waals surface area contributed by atoms with Crippen molar-refractivity contribution in [2.24, 2.45) is 0 Å². The minimum absolute atomic E-state index is 0.600. The average Bonchev–Trinajstić information content (AvgIpc) is 2.14. The highest BCUT2D eigenvalue weighted by atomic mass is 14.8. The summed E-state index contributed by atoms with van der Waals surface area (Å²) in [6, 6.07) is 1.70. The number of nitrogen functional groups attached to an aromatic ring is 1. The first-order valence-electron chi connectivity index (χ1n) is 2.27. The van der Waals surface area contributed by atoms with Crippen LogP contribution in [0.5, 0.6) is 0 Å². The molecule has 3 nitrogen and oxygen atoms in total. The van der Waals surface area contributed by atoms with Gasteiger partial charge in [-0.3, -0.25) is 0 Å². The molecule has 8 heavy (non-hydrogen) atoms. The maximum Gasteiger partial charge on any atom is 0.101 e. The lowest BCUT2D eigenvalue weighted by Gasteiger charge is -1.73. The molecule has 0 aliphatic heterocycles. The van der Waals surface area contributed by atoms with Crippen LogP contribution in [0.25, 0.3) is 0 Å². The van der Waals surface area contributed by atoms with E-state index in [1.807, 2.05) is 0 Å². The number of aromatic nitrogens is 1. The average molecular weight is 109 g/mol. The second kappa shape index (κ2) is 1.69. The van der Waals surface area contributed by atoms with Gasteiger partial charge in [0, 0.05) is 18.0 Å². The first-order valence-corrected chi connectivity index (χ1v) is 2.27. The molecule has 0 radical (unpaired) electrons. The predicted octanol–water partition coefficient (Wildman–Crippen LogP) is 0.595. The van der Waals surface area contributed by atoms with Gasteiger partial charge in [-0.1, -0.05) is 0 Å². The quantitative estimate of drug-likeness (QED) is 0.454. The van der Waals surface area contributed by atoms with Gasteiger partial charge in [0.25, 0.3) is 0 Å². The first-order chi connectivity index (χ1) is 3.83. The highest BCUT2D eigenvalue weighted by Crippen LogP contribution is 1.99. The van der Waals surface area contributed by atoms with Crippen LogP contribution in [0.15, 0.2) is 12.3 Å². The topological polar surface area (TPSA) is 65.7 Å². The van der Waals surface area contributed by atoms with Gasteiger partial charge in [-0.15, -0.1) is 0 Å². The fourth-order valence-electron chi connectivity index (χ4n) is 0.513. The van der Waals surface area contributed by atoms with Crippen LogP contribution in [-0.4, -0.2) is 11.2 Å². The van der Waals surface area contributed by atoms with Crippen LogP contribution >= 0.6 is 0 Å². The van der Waals surface area contributed by atoms with Gasteiger partial charge in [0.05, 0.1) is 0 Å². The fraction of sp³-hybridized carbons (Fsp3) is 0. The van der Waals surface area contributed by atoms with E-state index in [2.05, 4.69) is 4.98 Å². The van der Waals surface area contributed by atoms with Crippen molar-refractivity contribution in [3.05, 3.63) is 17.8 Å². The van der Waals surface area contributed by atoms with Crippen molar-refractivity contribution in [2.45, 2.75) is 0 Å². The van der Waals surface area contributed by atoms with E-state index in [-0.39, 0.29) is 0 Å². The number of aromatic amines is 1. The smallest absolute Gasteiger partial charge is 0.101 e. The highest BCUT2D eigenvalue weighted by molar-refractivity contribution is 5.78. The standard InChI is InChI=1S/C5H7N3/c6-2-4-1-5(7)8-3-4/h1-3,6,8H,7H2. The van der Waals surface area contributed by atoms with Gasteiger partial charge < -0.3 is 16.1 Å². The van der Waals surface area contributed by atoms with Gasteiger partial charge in [-0.05, 0) is 6.07 Å². The van der Waals surface area contributed by atoms with E-state index in [1.165, 1.54) is 6.21 Å². The summed E-state index contributed by atoms with van der Waals surface area (Å²) in [5, 5.41) is 6.76. The Balaban J connectivity index is 3.00. The minimum atomic E-state index is 0.600. The molecule has 42 valence electrons. The Morgan fingerprint density at radius 2 is 2.50 bits per heavy atom. The minimum Gasteiger partial charge on any atom is -0.385 e. The molecule has 0 fully saturated rings. The van der Waals surface area contributed by atoms with Crippen molar-refractivity contribution in [1.82, 2.24) is 4.98 Å². The summed E-state index contributed by atoms with van der Waals surface area (Å²) in [7, 11) is 0. The van der Waals surface area contributed by atoms with Gasteiger partial charge in [-0.25, -0.2) is 0 Å². The number of anilines is 1. The fourth-order valence-corrected chi connectivity index (χ4v) is 0.513. The normalized spacial score (nSPS) is 9.00. The molecule has 0 aromatic carbocycles. The SMILES string of the molecule is N=Cc1c[nH]c(N)c1. The zero-order chi connectivity index (χ0) is 5.98. The first kappa shape index (κ1) is 4.90. The van der Waals surface area contributed by atoms with Crippen LogP contribution in [0.4, 0.5) is 5.82 Å². The van der Waals surface area contributed by atoms with E-state index in [0.717, 1.165) is 5.56 Å². The lowest BCUT2D eigenvalue weighted by atomic mass is 10.4. The molecule has 0 spiro atoms. The summed E-state index contributed by atoms with van der Waals surface area (Å²) in [6.45, 7) is 0. The summed E-state index contributed by atoms with van der Waals surface area (Å²) in [5.74, 6) is 0.600. The molecule has 0 atom stereocenters. The van der Waals surface area contributed by atoms with Crippen LogP contribution in [0.2, 0.25) is 0 Å². The molecule has 3 heteroatoms. The molecular weight excluding hydrogens is 102 g/mol. The maximum absolute atomic E-state index is 6.76. The second-order valence-corrected chi connectivity index (χ2v) is 1.53. The summed E-state index contributed by atoms with van der Waals surface area (Å²) in [6.07, 6.45) is 2.93. The van der Waals surface area contributed by atoms with Crippen LogP contribution in [0.1, 0.15) is 5.56 Å². The monoisotopic (exact) mass is 109 g/mol. The zero-order valence-corrected chi connectivity index (χ0v) is 4.31. The van der Waals surface area contributed by atoms with Gasteiger partial charge in [0.1, 0.15) is 5.82 Å². The third-order valence-corrected chi connectivity index (χ3v) is 0.894. The third-order valence-electron chi connectivity index (χ3n) is 0.894. The van der Waals surface area contributed by atoms with Crippen LogP contribution in [0.3, 0.4) is 0 Å². The molecular formula is C5H7N3. The Morgan fingerprint density at radius 3 is 2.75 bits per heavy atom. The summed E-state index contributed by atoms with van der Waals surface area (Å²) >= 11 is 0. The van der Waals surface area contributed by atoms with E-state index >= 15 is 0 Å². The number of nitrogens with one attached hydrogen (secondary N) is 2.